The number of ether oxygens (including phenoxy) is 1. The highest BCUT2D eigenvalue weighted by Gasteiger charge is 2.06. The van der Waals surface area contributed by atoms with E-state index >= 15 is 0 Å². The topological polar surface area (TPSA) is 35.2 Å². The van der Waals surface area contributed by atoms with Crippen LogP contribution in [0.4, 0.5) is 0 Å². The number of rotatable bonds is 5. The largest absolute Gasteiger partial charge is 0.497 e. The van der Waals surface area contributed by atoms with Crippen LogP contribution < -0.4 is 10.5 Å². The fourth-order valence-electron chi connectivity index (χ4n) is 1.79. The van der Waals surface area contributed by atoms with Gasteiger partial charge in [-0.1, -0.05) is 29.4 Å². The highest BCUT2D eigenvalue weighted by atomic mass is 35.5. The maximum absolute atomic E-state index is 6.03. The third kappa shape index (κ3) is 3.90. The zero-order valence-corrected chi connectivity index (χ0v) is 12.3. The van der Waals surface area contributed by atoms with Crippen molar-refractivity contribution in [3.8, 4) is 5.75 Å². The van der Waals surface area contributed by atoms with Gasteiger partial charge in [0.25, 0.3) is 0 Å². The normalized spacial score (nSPS) is 10.5. The van der Waals surface area contributed by atoms with Crippen molar-refractivity contribution in [1.82, 2.24) is 0 Å². The summed E-state index contributed by atoms with van der Waals surface area (Å²) in [6.07, 6.45) is 0.826. The smallest absolute Gasteiger partial charge is 0.119 e. The molecular weight excluding hydrogens is 278 g/mol. The van der Waals surface area contributed by atoms with Crippen LogP contribution in [-0.2, 0) is 6.42 Å². The van der Waals surface area contributed by atoms with Gasteiger partial charge < -0.3 is 10.5 Å². The van der Waals surface area contributed by atoms with E-state index in [1.54, 1.807) is 18.9 Å². The zero-order chi connectivity index (χ0) is 13.7. The van der Waals surface area contributed by atoms with E-state index in [1.165, 1.54) is 10.5 Å². The second kappa shape index (κ2) is 6.85. The van der Waals surface area contributed by atoms with Gasteiger partial charge in [0.15, 0.2) is 0 Å². The van der Waals surface area contributed by atoms with Gasteiger partial charge >= 0.3 is 0 Å². The summed E-state index contributed by atoms with van der Waals surface area (Å²) in [4.78, 5) is 2.32. The van der Waals surface area contributed by atoms with Crippen LogP contribution >= 0.6 is 23.4 Å². The minimum atomic E-state index is 0.617. The molecular formula is C15H16ClNOS. The fraction of sp³-hybridized carbons (Fsp3) is 0.200. The van der Waals surface area contributed by atoms with Crippen LogP contribution in [0.1, 0.15) is 5.56 Å². The molecule has 0 aliphatic rings. The fourth-order valence-corrected chi connectivity index (χ4v) is 2.99. The predicted octanol–water partition coefficient (Wildman–Crippen LogP) is 4.00. The summed E-state index contributed by atoms with van der Waals surface area (Å²) in [5.41, 5.74) is 6.83. The molecule has 0 aromatic heterocycles. The van der Waals surface area contributed by atoms with Crippen molar-refractivity contribution >= 4 is 23.4 Å². The number of methoxy groups -OCH3 is 1. The van der Waals surface area contributed by atoms with Crippen molar-refractivity contribution in [3.63, 3.8) is 0 Å². The van der Waals surface area contributed by atoms with E-state index in [-0.39, 0.29) is 0 Å². The minimum absolute atomic E-state index is 0.617. The molecule has 2 nitrogen and oxygen atoms in total. The third-order valence-corrected chi connectivity index (χ3v) is 4.05. The molecule has 0 fully saturated rings. The molecule has 2 N–H and O–H groups in total. The Kier molecular flexibility index (Phi) is 5.14. The lowest BCUT2D eigenvalue weighted by Gasteiger charge is -2.09. The molecule has 0 bridgehead atoms. The van der Waals surface area contributed by atoms with Gasteiger partial charge in [0.05, 0.1) is 7.11 Å². The monoisotopic (exact) mass is 293 g/mol. The SMILES string of the molecule is COc1cccc(Sc2ccc(Cl)cc2CCN)c1. The highest BCUT2D eigenvalue weighted by Crippen LogP contribution is 2.33. The number of nitrogens with two attached hydrogens (primary N) is 1. The van der Waals surface area contributed by atoms with E-state index in [9.17, 15) is 0 Å². The molecule has 0 unspecified atom stereocenters. The Balaban J connectivity index is 2.26. The lowest BCUT2D eigenvalue weighted by atomic mass is 10.1. The first-order valence-electron chi connectivity index (χ1n) is 6.03. The minimum Gasteiger partial charge on any atom is -0.497 e. The Labute approximate surface area is 122 Å². The molecule has 0 saturated heterocycles. The molecule has 19 heavy (non-hydrogen) atoms. The van der Waals surface area contributed by atoms with Crippen LogP contribution in [0.2, 0.25) is 5.02 Å². The quantitative estimate of drug-likeness (QED) is 0.905. The maximum Gasteiger partial charge on any atom is 0.119 e. The maximum atomic E-state index is 6.03. The molecule has 0 spiro atoms. The lowest BCUT2D eigenvalue weighted by molar-refractivity contribution is 0.413. The van der Waals surface area contributed by atoms with E-state index in [0.717, 1.165) is 22.1 Å². The van der Waals surface area contributed by atoms with Gasteiger partial charge in [-0.15, -0.1) is 0 Å². The van der Waals surface area contributed by atoms with Crippen molar-refractivity contribution in [2.75, 3.05) is 13.7 Å². The molecule has 0 atom stereocenters. The molecule has 0 radical (unpaired) electrons. The van der Waals surface area contributed by atoms with E-state index in [4.69, 9.17) is 22.1 Å². The molecule has 0 aliphatic heterocycles. The van der Waals surface area contributed by atoms with Crippen molar-refractivity contribution in [2.45, 2.75) is 16.2 Å². The van der Waals surface area contributed by atoms with Crippen LogP contribution in [0.15, 0.2) is 52.3 Å². The number of hydrogen-bond donors (Lipinski definition) is 1. The molecule has 0 saturated carbocycles. The van der Waals surface area contributed by atoms with Gasteiger partial charge in [-0.05, 0) is 54.9 Å². The van der Waals surface area contributed by atoms with Crippen LogP contribution in [0.25, 0.3) is 0 Å². The van der Waals surface area contributed by atoms with Crippen LogP contribution in [0.3, 0.4) is 0 Å². The number of halogens is 1. The number of hydrogen-bond acceptors (Lipinski definition) is 3. The highest BCUT2D eigenvalue weighted by molar-refractivity contribution is 7.99. The molecule has 100 valence electrons. The van der Waals surface area contributed by atoms with E-state index in [2.05, 4.69) is 6.07 Å². The Hall–Kier alpha value is -1.16. The van der Waals surface area contributed by atoms with E-state index in [0.29, 0.717) is 6.54 Å². The average molecular weight is 294 g/mol. The molecule has 2 aromatic rings. The Bertz CT molecular complexity index is 560. The summed E-state index contributed by atoms with van der Waals surface area (Å²) in [5.74, 6) is 0.860. The van der Waals surface area contributed by atoms with Crippen molar-refractivity contribution in [2.24, 2.45) is 5.73 Å². The summed E-state index contributed by atoms with van der Waals surface area (Å²) >= 11 is 7.73. The summed E-state index contributed by atoms with van der Waals surface area (Å²) in [6, 6.07) is 13.9. The third-order valence-electron chi connectivity index (χ3n) is 2.71. The first kappa shape index (κ1) is 14.3. The van der Waals surface area contributed by atoms with Gasteiger partial charge in [-0.2, -0.15) is 0 Å². The molecule has 0 amide bonds. The van der Waals surface area contributed by atoms with Gasteiger partial charge in [0.1, 0.15) is 5.75 Å². The molecule has 2 rings (SSSR count). The first-order chi connectivity index (χ1) is 9.22. The summed E-state index contributed by atoms with van der Waals surface area (Å²) < 4.78 is 5.23. The van der Waals surface area contributed by atoms with Gasteiger partial charge in [0.2, 0.25) is 0 Å². The second-order valence-corrected chi connectivity index (χ2v) is 5.62. The standard InChI is InChI=1S/C15H16ClNOS/c1-18-13-3-2-4-14(10-13)19-15-6-5-12(16)9-11(15)7-8-17/h2-6,9-10H,7-8,17H2,1H3. The molecule has 4 heteroatoms. The Morgan fingerprint density at radius 2 is 2.05 bits per heavy atom. The van der Waals surface area contributed by atoms with E-state index < -0.39 is 0 Å². The number of benzene rings is 2. The van der Waals surface area contributed by atoms with Crippen molar-refractivity contribution in [1.29, 1.82) is 0 Å². The first-order valence-corrected chi connectivity index (χ1v) is 7.23. The average Bonchev–Trinajstić information content (AvgIpc) is 2.42. The van der Waals surface area contributed by atoms with Gasteiger partial charge in [-0.25, -0.2) is 0 Å². The summed E-state index contributed by atoms with van der Waals surface area (Å²) in [6.45, 7) is 0.617. The van der Waals surface area contributed by atoms with E-state index in [1.807, 2.05) is 36.4 Å². The van der Waals surface area contributed by atoms with Crippen molar-refractivity contribution in [3.05, 3.63) is 53.1 Å². The Morgan fingerprint density at radius 1 is 1.21 bits per heavy atom. The Morgan fingerprint density at radius 3 is 2.79 bits per heavy atom. The van der Waals surface area contributed by atoms with Crippen LogP contribution in [0, 0.1) is 0 Å². The molecule has 0 aliphatic carbocycles. The summed E-state index contributed by atoms with van der Waals surface area (Å²) in [7, 11) is 1.67. The predicted molar refractivity (Wildman–Crippen MR) is 81.3 cm³/mol. The second-order valence-electron chi connectivity index (χ2n) is 4.07. The van der Waals surface area contributed by atoms with Crippen LogP contribution in [-0.4, -0.2) is 13.7 Å². The molecule has 2 aromatic carbocycles. The van der Waals surface area contributed by atoms with Crippen molar-refractivity contribution < 1.29 is 4.74 Å². The van der Waals surface area contributed by atoms with Gasteiger partial charge in [0, 0.05) is 14.8 Å². The van der Waals surface area contributed by atoms with Crippen LogP contribution in [0.5, 0.6) is 5.75 Å². The molecule has 0 heterocycles. The summed E-state index contributed by atoms with van der Waals surface area (Å²) in [5, 5.41) is 0.749. The zero-order valence-electron chi connectivity index (χ0n) is 10.7. The lowest BCUT2D eigenvalue weighted by Crippen LogP contribution is -2.03. The van der Waals surface area contributed by atoms with Gasteiger partial charge in [-0.3, -0.25) is 0 Å².